The molecule has 1 N–H and O–H groups in total. The lowest BCUT2D eigenvalue weighted by Crippen LogP contribution is -2.51. The molecule has 2 nitrogen and oxygen atoms in total. The van der Waals surface area contributed by atoms with Gasteiger partial charge in [-0.15, -0.1) is 0 Å². The molecular formula is C19H32N2. The van der Waals surface area contributed by atoms with E-state index < -0.39 is 0 Å². The van der Waals surface area contributed by atoms with Crippen molar-refractivity contribution in [3.05, 3.63) is 29.3 Å². The van der Waals surface area contributed by atoms with Crippen LogP contribution in [0.1, 0.15) is 52.2 Å². The second-order valence-corrected chi connectivity index (χ2v) is 7.87. The summed E-state index contributed by atoms with van der Waals surface area (Å²) >= 11 is 0. The highest BCUT2D eigenvalue weighted by Gasteiger charge is 2.27. The molecule has 0 aliphatic carbocycles. The fourth-order valence-corrected chi connectivity index (χ4v) is 3.22. The van der Waals surface area contributed by atoms with Crippen molar-refractivity contribution in [3.63, 3.8) is 0 Å². The topological polar surface area (TPSA) is 15.3 Å². The van der Waals surface area contributed by atoms with Gasteiger partial charge >= 0.3 is 0 Å². The highest BCUT2D eigenvalue weighted by Crippen LogP contribution is 2.31. The summed E-state index contributed by atoms with van der Waals surface area (Å²) in [5.41, 5.74) is 4.55. The van der Waals surface area contributed by atoms with Gasteiger partial charge in [0, 0.05) is 30.4 Å². The molecule has 0 saturated heterocycles. The largest absolute Gasteiger partial charge is 0.367 e. The van der Waals surface area contributed by atoms with E-state index in [1.165, 1.54) is 36.2 Å². The summed E-state index contributed by atoms with van der Waals surface area (Å²) < 4.78 is 0. The van der Waals surface area contributed by atoms with Gasteiger partial charge in [0.05, 0.1) is 0 Å². The maximum atomic E-state index is 3.70. The highest BCUT2D eigenvalue weighted by atomic mass is 15.2. The Morgan fingerprint density at radius 2 is 1.95 bits per heavy atom. The maximum absolute atomic E-state index is 3.70. The predicted molar refractivity (Wildman–Crippen MR) is 93.2 cm³/mol. The Morgan fingerprint density at radius 1 is 1.24 bits per heavy atom. The molecule has 118 valence electrons. The Labute approximate surface area is 130 Å². The van der Waals surface area contributed by atoms with Crippen molar-refractivity contribution in [1.82, 2.24) is 5.32 Å². The van der Waals surface area contributed by atoms with Crippen LogP contribution in [-0.2, 0) is 6.42 Å². The van der Waals surface area contributed by atoms with E-state index in [-0.39, 0.29) is 5.54 Å². The monoisotopic (exact) mass is 288 g/mol. The fourth-order valence-electron chi connectivity index (χ4n) is 3.22. The molecular weight excluding hydrogens is 256 g/mol. The Balaban J connectivity index is 2.22. The standard InChI is InChI=1S/C19H32N2/c1-14(2)18(13-20-19(4,5)6)21-11-7-8-16-12-15(3)9-10-17(16)21/h9-10,12,14,18,20H,7-8,11,13H2,1-6H3. The van der Waals surface area contributed by atoms with Crippen molar-refractivity contribution >= 4 is 5.69 Å². The summed E-state index contributed by atoms with van der Waals surface area (Å²) in [5.74, 6) is 0.645. The molecule has 0 amide bonds. The molecule has 1 aliphatic rings. The highest BCUT2D eigenvalue weighted by molar-refractivity contribution is 5.57. The van der Waals surface area contributed by atoms with E-state index in [2.05, 4.69) is 70.0 Å². The minimum Gasteiger partial charge on any atom is -0.367 e. The number of aryl methyl sites for hydroxylation is 2. The van der Waals surface area contributed by atoms with Gasteiger partial charge in [-0.1, -0.05) is 31.5 Å². The Morgan fingerprint density at radius 3 is 2.57 bits per heavy atom. The van der Waals surface area contributed by atoms with Gasteiger partial charge in [-0.25, -0.2) is 0 Å². The van der Waals surface area contributed by atoms with Gasteiger partial charge in [-0.05, 0) is 58.1 Å². The molecule has 21 heavy (non-hydrogen) atoms. The molecule has 2 rings (SSSR count). The first kappa shape index (κ1) is 16.4. The maximum Gasteiger partial charge on any atom is 0.0437 e. The third kappa shape index (κ3) is 4.23. The van der Waals surface area contributed by atoms with Crippen molar-refractivity contribution in [3.8, 4) is 0 Å². The van der Waals surface area contributed by atoms with Crippen LogP contribution in [-0.4, -0.2) is 24.7 Å². The van der Waals surface area contributed by atoms with Crippen LogP contribution in [0, 0.1) is 12.8 Å². The van der Waals surface area contributed by atoms with E-state index in [9.17, 15) is 0 Å². The van der Waals surface area contributed by atoms with E-state index in [1.54, 1.807) is 0 Å². The molecule has 0 aromatic heterocycles. The zero-order valence-electron chi connectivity index (χ0n) is 14.7. The number of rotatable bonds is 4. The molecule has 2 heteroatoms. The number of hydrogen-bond donors (Lipinski definition) is 1. The van der Waals surface area contributed by atoms with Crippen LogP contribution >= 0.6 is 0 Å². The summed E-state index contributed by atoms with van der Waals surface area (Å²) in [6.45, 7) is 15.9. The molecule has 0 radical (unpaired) electrons. The summed E-state index contributed by atoms with van der Waals surface area (Å²) in [4.78, 5) is 2.64. The smallest absolute Gasteiger partial charge is 0.0437 e. The van der Waals surface area contributed by atoms with Gasteiger partial charge in [0.1, 0.15) is 0 Å². The van der Waals surface area contributed by atoms with Gasteiger partial charge in [-0.3, -0.25) is 0 Å². The Bertz CT molecular complexity index is 471. The Hall–Kier alpha value is -1.02. The zero-order chi connectivity index (χ0) is 15.6. The number of fused-ring (bicyclic) bond motifs is 1. The quantitative estimate of drug-likeness (QED) is 0.895. The SMILES string of the molecule is Cc1ccc2c(c1)CCCN2C(CNC(C)(C)C)C(C)C. The second-order valence-electron chi connectivity index (χ2n) is 7.87. The summed E-state index contributed by atoms with van der Waals surface area (Å²) in [6, 6.07) is 7.52. The van der Waals surface area contributed by atoms with E-state index in [4.69, 9.17) is 0 Å². The lowest BCUT2D eigenvalue weighted by Gasteiger charge is -2.41. The molecule has 0 fully saturated rings. The lowest BCUT2D eigenvalue weighted by atomic mass is 9.94. The molecule has 1 heterocycles. The van der Waals surface area contributed by atoms with Crippen LogP contribution in [0.15, 0.2) is 18.2 Å². The molecule has 1 aromatic carbocycles. The minimum atomic E-state index is 0.180. The predicted octanol–water partition coefficient (Wildman–Crippen LogP) is 4.16. The van der Waals surface area contributed by atoms with Crippen LogP contribution in [0.5, 0.6) is 0 Å². The van der Waals surface area contributed by atoms with Crippen LogP contribution in [0.2, 0.25) is 0 Å². The van der Waals surface area contributed by atoms with Crippen molar-refractivity contribution in [1.29, 1.82) is 0 Å². The minimum absolute atomic E-state index is 0.180. The third-order valence-corrected chi connectivity index (χ3v) is 4.40. The first-order valence-electron chi connectivity index (χ1n) is 8.39. The molecule has 0 bridgehead atoms. The number of benzene rings is 1. The van der Waals surface area contributed by atoms with Crippen molar-refractivity contribution in [2.75, 3.05) is 18.0 Å². The number of hydrogen-bond acceptors (Lipinski definition) is 2. The van der Waals surface area contributed by atoms with Gasteiger partial charge < -0.3 is 10.2 Å². The molecule has 1 unspecified atom stereocenters. The zero-order valence-corrected chi connectivity index (χ0v) is 14.7. The van der Waals surface area contributed by atoms with E-state index >= 15 is 0 Å². The van der Waals surface area contributed by atoms with Gasteiger partial charge in [0.2, 0.25) is 0 Å². The second kappa shape index (κ2) is 6.39. The molecule has 1 aliphatic heterocycles. The first-order chi connectivity index (χ1) is 9.78. The van der Waals surface area contributed by atoms with Gasteiger partial charge in [0.25, 0.3) is 0 Å². The fraction of sp³-hybridized carbons (Fsp3) is 0.684. The average Bonchev–Trinajstić information content (AvgIpc) is 2.36. The first-order valence-corrected chi connectivity index (χ1v) is 8.39. The molecule has 0 spiro atoms. The number of nitrogens with zero attached hydrogens (tertiary/aromatic N) is 1. The van der Waals surface area contributed by atoms with Crippen LogP contribution < -0.4 is 10.2 Å². The van der Waals surface area contributed by atoms with Crippen molar-refractivity contribution in [2.24, 2.45) is 5.92 Å². The third-order valence-electron chi connectivity index (χ3n) is 4.40. The van der Waals surface area contributed by atoms with Crippen molar-refractivity contribution < 1.29 is 0 Å². The van der Waals surface area contributed by atoms with Crippen LogP contribution in [0.3, 0.4) is 0 Å². The average molecular weight is 288 g/mol. The number of nitrogens with one attached hydrogen (secondary N) is 1. The normalized spacial score (nSPS) is 17.0. The van der Waals surface area contributed by atoms with Gasteiger partial charge in [-0.2, -0.15) is 0 Å². The summed E-state index contributed by atoms with van der Waals surface area (Å²) in [7, 11) is 0. The van der Waals surface area contributed by atoms with E-state index in [0.29, 0.717) is 12.0 Å². The molecule has 1 aromatic rings. The van der Waals surface area contributed by atoms with Crippen LogP contribution in [0.25, 0.3) is 0 Å². The summed E-state index contributed by atoms with van der Waals surface area (Å²) in [6.07, 6.45) is 2.50. The Kier molecular flexibility index (Phi) is 4.98. The molecule has 0 saturated carbocycles. The summed E-state index contributed by atoms with van der Waals surface area (Å²) in [5, 5.41) is 3.70. The van der Waals surface area contributed by atoms with Crippen molar-refractivity contribution in [2.45, 2.75) is 66.0 Å². The van der Waals surface area contributed by atoms with E-state index in [0.717, 1.165) is 6.54 Å². The van der Waals surface area contributed by atoms with Gasteiger partial charge in [0.15, 0.2) is 0 Å². The number of anilines is 1. The lowest BCUT2D eigenvalue weighted by molar-refractivity contribution is 0.354. The molecule has 1 atom stereocenters. The van der Waals surface area contributed by atoms with Crippen LogP contribution in [0.4, 0.5) is 5.69 Å². The van der Waals surface area contributed by atoms with E-state index in [1.807, 2.05) is 0 Å².